The number of nitrogens with zero attached hydrogens (tertiary/aromatic N) is 2. The zero-order valence-electron chi connectivity index (χ0n) is 16.3. The summed E-state index contributed by atoms with van der Waals surface area (Å²) in [6.07, 6.45) is 4.42. The highest BCUT2D eigenvalue weighted by atomic mass is 16.4. The molecule has 4 heteroatoms. The minimum absolute atomic E-state index is 0.268. The smallest absolute Gasteiger partial charge is 0.336 e. The molecule has 1 aromatic heterocycles. The average molecular weight is 374 g/mol. The lowest BCUT2D eigenvalue weighted by molar-refractivity contribution is 0.137. The van der Waals surface area contributed by atoms with E-state index in [0.717, 1.165) is 50.2 Å². The maximum Gasteiger partial charge on any atom is 0.336 e. The van der Waals surface area contributed by atoms with Crippen LogP contribution in [0.3, 0.4) is 0 Å². The molecule has 0 bridgehead atoms. The third kappa shape index (κ3) is 4.58. The van der Waals surface area contributed by atoms with E-state index in [1.165, 1.54) is 11.1 Å². The van der Waals surface area contributed by atoms with Crippen molar-refractivity contribution in [3.05, 3.63) is 87.8 Å². The van der Waals surface area contributed by atoms with E-state index in [9.17, 15) is 4.79 Å². The maximum absolute atomic E-state index is 11.9. The lowest BCUT2D eigenvalue weighted by Gasteiger charge is -2.34. The van der Waals surface area contributed by atoms with Crippen molar-refractivity contribution in [2.45, 2.75) is 13.5 Å². The van der Waals surface area contributed by atoms with E-state index in [-0.39, 0.29) is 5.63 Å². The van der Waals surface area contributed by atoms with Crippen LogP contribution in [0.2, 0.25) is 0 Å². The maximum atomic E-state index is 11.9. The van der Waals surface area contributed by atoms with Crippen molar-refractivity contribution in [2.24, 2.45) is 0 Å². The summed E-state index contributed by atoms with van der Waals surface area (Å²) in [5.41, 5.74) is 3.89. The molecule has 0 aliphatic carbocycles. The van der Waals surface area contributed by atoms with Gasteiger partial charge in [0.2, 0.25) is 0 Å². The number of hydrogen-bond donors (Lipinski definition) is 0. The summed E-state index contributed by atoms with van der Waals surface area (Å²) < 4.78 is 5.35. The number of fused-ring (bicyclic) bond motifs is 1. The zero-order valence-corrected chi connectivity index (χ0v) is 16.3. The highest BCUT2D eigenvalue weighted by Crippen LogP contribution is 2.20. The average Bonchev–Trinajstić information content (AvgIpc) is 2.71. The summed E-state index contributed by atoms with van der Waals surface area (Å²) in [4.78, 5) is 16.8. The topological polar surface area (TPSA) is 36.7 Å². The minimum atomic E-state index is -0.268. The molecule has 1 saturated heterocycles. The van der Waals surface area contributed by atoms with Crippen LogP contribution in [0, 0.1) is 6.92 Å². The molecule has 0 atom stereocenters. The minimum Gasteiger partial charge on any atom is -0.423 e. The molecule has 0 saturated carbocycles. The fourth-order valence-electron chi connectivity index (χ4n) is 3.75. The van der Waals surface area contributed by atoms with Crippen molar-refractivity contribution < 1.29 is 4.42 Å². The summed E-state index contributed by atoms with van der Waals surface area (Å²) in [6.45, 7) is 7.92. The first-order valence-electron chi connectivity index (χ1n) is 9.87. The van der Waals surface area contributed by atoms with Crippen LogP contribution in [0.5, 0.6) is 0 Å². The van der Waals surface area contributed by atoms with E-state index in [2.05, 4.69) is 59.2 Å². The Hall–Kier alpha value is -2.69. The number of benzene rings is 2. The van der Waals surface area contributed by atoms with Gasteiger partial charge in [-0.2, -0.15) is 0 Å². The molecule has 0 N–H and O–H groups in total. The Kier molecular flexibility index (Phi) is 5.70. The molecular weight excluding hydrogens is 348 g/mol. The lowest BCUT2D eigenvalue weighted by atomic mass is 10.1. The summed E-state index contributed by atoms with van der Waals surface area (Å²) in [7, 11) is 0. The molecule has 0 amide bonds. The summed E-state index contributed by atoms with van der Waals surface area (Å²) in [5.74, 6) is 0. The molecule has 0 radical (unpaired) electrons. The third-order valence-corrected chi connectivity index (χ3v) is 5.32. The largest absolute Gasteiger partial charge is 0.423 e. The van der Waals surface area contributed by atoms with Crippen molar-refractivity contribution >= 4 is 17.0 Å². The first-order chi connectivity index (χ1) is 13.7. The number of hydrogen-bond acceptors (Lipinski definition) is 4. The van der Waals surface area contributed by atoms with Crippen molar-refractivity contribution in [2.75, 3.05) is 32.7 Å². The molecule has 1 aliphatic heterocycles. The van der Waals surface area contributed by atoms with Crippen molar-refractivity contribution in [3.8, 4) is 0 Å². The summed E-state index contributed by atoms with van der Waals surface area (Å²) in [6, 6.07) is 18.0. The van der Waals surface area contributed by atoms with Crippen LogP contribution in [0.15, 0.2) is 69.9 Å². The van der Waals surface area contributed by atoms with Crippen LogP contribution >= 0.6 is 0 Å². The molecular formula is C24H26N2O2. The normalized spacial score (nSPS) is 16.2. The van der Waals surface area contributed by atoms with Gasteiger partial charge in [-0.3, -0.25) is 9.80 Å². The van der Waals surface area contributed by atoms with E-state index in [1.807, 2.05) is 18.2 Å². The van der Waals surface area contributed by atoms with Crippen LogP contribution in [0.1, 0.15) is 16.7 Å². The van der Waals surface area contributed by atoms with Gasteiger partial charge in [0.05, 0.1) is 0 Å². The molecule has 3 aromatic rings. The van der Waals surface area contributed by atoms with Gasteiger partial charge in [-0.05, 0) is 30.2 Å². The van der Waals surface area contributed by atoms with Gasteiger partial charge in [0.1, 0.15) is 5.58 Å². The molecule has 1 aliphatic rings. The van der Waals surface area contributed by atoms with Crippen LogP contribution < -0.4 is 5.63 Å². The van der Waals surface area contributed by atoms with Crippen molar-refractivity contribution in [1.82, 2.24) is 9.80 Å². The summed E-state index contributed by atoms with van der Waals surface area (Å²) in [5, 5.41) is 1.05. The Balaban J connectivity index is 1.36. The summed E-state index contributed by atoms with van der Waals surface area (Å²) >= 11 is 0. The Labute approximate surface area is 165 Å². The van der Waals surface area contributed by atoms with Gasteiger partial charge in [0, 0.05) is 50.7 Å². The quantitative estimate of drug-likeness (QED) is 0.634. The number of rotatable bonds is 5. The molecule has 4 rings (SSSR count). The van der Waals surface area contributed by atoms with Crippen molar-refractivity contribution in [3.63, 3.8) is 0 Å². The fraction of sp³-hybridized carbons (Fsp3) is 0.292. The van der Waals surface area contributed by atoms with Gasteiger partial charge in [0.25, 0.3) is 0 Å². The van der Waals surface area contributed by atoms with Crippen molar-refractivity contribution in [1.29, 1.82) is 0 Å². The molecule has 144 valence electrons. The van der Waals surface area contributed by atoms with E-state index in [1.54, 1.807) is 6.07 Å². The van der Waals surface area contributed by atoms with E-state index in [0.29, 0.717) is 5.58 Å². The second kappa shape index (κ2) is 8.55. The second-order valence-corrected chi connectivity index (χ2v) is 7.48. The Bertz CT molecular complexity index is 1020. The first-order valence-corrected chi connectivity index (χ1v) is 9.87. The van der Waals surface area contributed by atoms with Gasteiger partial charge >= 0.3 is 5.63 Å². The molecule has 2 aromatic carbocycles. The van der Waals surface area contributed by atoms with Gasteiger partial charge < -0.3 is 4.42 Å². The van der Waals surface area contributed by atoms with Crippen LogP contribution in [0.4, 0.5) is 0 Å². The molecule has 28 heavy (non-hydrogen) atoms. The van der Waals surface area contributed by atoms with Crippen LogP contribution in [-0.2, 0) is 6.54 Å². The van der Waals surface area contributed by atoms with E-state index >= 15 is 0 Å². The second-order valence-electron chi connectivity index (χ2n) is 7.48. The standard InChI is InChI=1S/C24H26N2O2/c1-19-9-10-23-22(16-19)21(17-24(27)28-23)18-26-14-12-25(13-15-26)11-5-8-20-6-3-2-4-7-20/h2-10,16-17H,11-15,18H2,1H3. The molecule has 1 fully saturated rings. The number of aryl methyl sites for hydroxylation is 1. The monoisotopic (exact) mass is 374 g/mol. The highest BCUT2D eigenvalue weighted by Gasteiger charge is 2.17. The highest BCUT2D eigenvalue weighted by molar-refractivity contribution is 5.80. The van der Waals surface area contributed by atoms with Crippen LogP contribution in [-0.4, -0.2) is 42.5 Å². The van der Waals surface area contributed by atoms with Gasteiger partial charge in [-0.15, -0.1) is 0 Å². The van der Waals surface area contributed by atoms with E-state index < -0.39 is 0 Å². The predicted octanol–water partition coefficient (Wildman–Crippen LogP) is 3.93. The third-order valence-electron chi connectivity index (χ3n) is 5.32. The fourth-order valence-corrected chi connectivity index (χ4v) is 3.75. The Morgan fingerprint density at radius 3 is 2.50 bits per heavy atom. The Morgan fingerprint density at radius 1 is 0.964 bits per heavy atom. The van der Waals surface area contributed by atoms with Gasteiger partial charge in [-0.1, -0.05) is 54.1 Å². The predicted molar refractivity (Wildman–Crippen MR) is 114 cm³/mol. The molecule has 0 unspecified atom stereocenters. The molecule has 2 heterocycles. The molecule has 0 spiro atoms. The van der Waals surface area contributed by atoms with Crippen LogP contribution in [0.25, 0.3) is 17.0 Å². The Morgan fingerprint density at radius 2 is 1.71 bits per heavy atom. The number of piperazine rings is 1. The van der Waals surface area contributed by atoms with Gasteiger partial charge in [0.15, 0.2) is 0 Å². The molecule has 4 nitrogen and oxygen atoms in total. The first kappa shape index (κ1) is 18.7. The SMILES string of the molecule is Cc1ccc2oc(=O)cc(CN3CCN(CC=Cc4ccccc4)CC3)c2c1. The lowest BCUT2D eigenvalue weighted by Crippen LogP contribution is -2.45. The van der Waals surface area contributed by atoms with E-state index in [4.69, 9.17) is 4.42 Å². The van der Waals surface area contributed by atoms with Gasteiger partial charge in [-0.25, -0.2) is 4.79 Å². The zero-order chi connectivity index (χ0) is 19.3.